The molecule has 1 aromatic rings. The van der Waals surface area contributed by atoms with Crippen molar-refractivity contribution in [3.63, 3.8) is 0 Å². The molecule has 0 aliphatic carbocycles. The molecule has 1 aromatic carbocycles. The Kier molecular flexibility index (Phi) is 5.15. The number of carbonyl (C=O) groups excluding carboxylic acids is 1. The number of nitrogens with one attached hydrogen (secondary N) is 1. The Hall–Kier alpha value is -1.39. The first-order chi connectivity index (χ1) is 9.73. The summed E-state index contributed by atoms with van der Waals surface area (Å²) in [4.78, 5) is 14.0. The monoisotopic (exact) mass is 276 g/mol. The van der Waals surface area contributed by atoms with Crippen molar-refractivity contribution < 1.29 is 9.53 Å². The highest BCUT2D eigenvalue weighted by molar-refractivity contribution is 5.71. The van der Waals surface area contributed by atoms with E-state index in [0.29, 0.717) is 6.54 Å². The maximum absolute atomic E-state index is 11.7. The zero-order valence-electron chi connectivity index (χ0n) is 12.4. The standard InChI is InChI=1S/C16H24N2O2/c1-3-18(13-15(19)20-2)16(9-11-17-12-10-16)14-7-5-4-6-8-14/h4-8,17H,3,9-13H2,1-2H3. The van der Waals surface area contributed by atoms with Gasteiger partial charge in [0.05, 0.1) is 13.7 Å². The molecule has 4 heteroatoms. The van der Waals surface area contributed by atoms with Gasteiger partial charge in [0.15, 0.2) is 0 Å². The van der Waals surface area contributed by atoms with Crippen molar-refractivity contribution in [2.24, 2.45) is 0 Å². The molecule has 110 valence electrons. The van der Waals surface area contributed by atoms with Gasteiger partial charge in [-0.05, 0) is 38.0 Å². The van der Waals surface area contributed by atoms with Crippen LogP contribution in [0.1, 0.15) is 25.3 Å². The summed E-state index contributed by atoms with van der Waals surface area (Å²) in [6, 6.07) is 10.5. The van der Waals surface area contributed by atoms with Crippen LogP contribution in [0.2, 0.25) is 0 Å². The molecule has 0 spiro atoms. The predicted molar refractivity (Wildman–Crippen MR) is 79.5 cm³/mol. The largest absolute Gasteiger partial charge is 0.468 e. The number of piperidine rings is 1. The minimum absolute atomic E-state index is 0.0601. The van der Waals surface area contributed by atoms with Gasteiger partial charge < -0.3 is 10.1 Å². The Labute approximate surface area is 121 Å². The van der Waals surface area contributed by atoms with Gasteiger partial charge in [0, 0.05) is 5.54 Å². The second-order valence-electron chi connectivity index (χ2n) is 5.24. The third-order valence-corrected chi connectivity index (χ3v) is 4.28. The number of rotatable bonds is 5. The Morgan fingerprint density at radius 2 is 1.95 bits per heavy atom. The minimum atomic E-state index is -0.166. The lowest BCUT2D eigenvalue weighted by atomic mass is 9.79. The van der Waals surface area contributed by atoms with Crippen LogP contribution in [0.3, 0.4) is 0 Å². The predicted octanol–water partition coefficient (Wildman–Crippen LogP) is 1.76. The van der Waals surface area contributed by atoms with Gasteiger partial charge in [-0.25, -0.2) is 0 Å². The third kappa shape index (κ3) is 3.02. The number of hydrogen-bond donors (Lipinski definition) is 1. The molecule has 20 heavy (non-hydrogen) atoms. The molecule has 0 unspecified atom stereocenters. The lowest BCUT2D eigenvalue weighted by molar-refractivity contribution is -0.144. The van der Waals surface area contributed by atoms with E-state index >= 15 is 0 Å². The van der Waals surface area contributed by atoms with Crippen LogP contribution >= 0.6 is 0 Å². The summed E-state index contributed by atoms with van der Waals surface area (Å²) in [7, 11) is 1.45. The lowest BCUT2D eigenvalue weighted by Gasteiger charge is -2.46. The van der Waals surface area contributed by atoms with Crippen LogP contribution < -0.4 is 5.32 Å². The summed E-state index contributed by atoms with van der Waals surface area (Å²) in [5.74, 6) is -0.166. The van der Waals surface area contributed by atoms with Crippen LogP contribution in [-0.2, 0) is 15.1 Å². The van der Waals surface area contributed by atoms with Crippen LogP contribution in [0.5, 0.6) is 0 Å². The van der Waals surface area contributed by atoms with Crippen LogP contribution in [0.4, 0.5) is 0 Å². The average molecular weight is 276 g/mol. The topological polar surface area (TPSA) is 41.6 Å². The zero-order valence-corrected chi connectivity index (χ0v) is 12.4. The summed E-state index contributed by atoms with van der Waals surface area (Å²) < 4.78 is 4.86. The van der Waals surface area contributed by atoms with Gasteiger partial charge in [0.25, 0.3) is 0 Å². The normalized spacial score (nSPS) is 17.9. The Balaban J connectivity index is 2.32. The van der Waals surface area contributed by atoms with Crippen molar-refractivity contribution in [3.05, 3.63) is 35.9 Å². The second kappa shape index (κ2) is 6.86. The number of hydrogen-bond acceptors (Lipinski definition) is 4. The second-order valence-corrected chi connectivity index (χ2v) is 5.24. The molecule has 1 N–H and O–H groups in total. The molecule has 0 amide bonds. The molecule has 0 saturated carbocycles. The fourth-order valence-corrected chi connectivity index (χ4v) is 3.16. The van der Waals surface area contributed by atoms with E-state index in [1.54, 1.807) is 0 Å². The summed E-state index contributed by atoms with van der Waals surface area (Å²) in [6.45, 7) is 5.25. The molecule has 4 nitrogen and oxygen atoms in total. The van der Waals surface area contributed by atoms with Gasteiger partial charge in [-0.15, -0.1) is 0 Å². The summed E-state index contributed by atoms with van der Waals surface area (Å²) >= 11 is 0. The van der Waals surface area contributed by atoms with E-state index in [4.69, 9.17) is 4.74 Å². The zero-order chi connectivity index (χ0) is 14.4. The highest BCUT2D eigenvalue weighted by Gasteiger charge is 2.39. The molecular weight excluding hydrogens is 252 g/mol. The fraction of sp³-hybridized carbons (Fsp3) is 0.562. The molecule has 1 saturated heterocycles. The van der Waals surface area contributed by atoms with Gasteiger partial charge in [-0.1, -0.05) is 37.3 Å². The summed E-state index contributed by atoms with van der Waals surface area (Å²) in [5, 5.41) is 3.41. The number of benzene rings is 1. The van der Waals surface area contributed by atoms with Crippen molar-refractivity contribution in [1.29, 1.82) is 0 Å². The number of ether oxygens (including phenoxy) is 1. The quantitative estimate of drug-likeness (QED) is 0.832. The lowest BCUT2D eigenvalue weighted by Crippen LogP contribution is -2.53. The van der Waals surface area contributed by atoms with Gasteiger partial charge >= 0.3 is 5.97 Å². The molecule has 2 rings (SSSR count). The first-order valence-electron chi connectivity index (χ1n) is 7.31. The Bertz CT molecular complexity index is 427. The van der Waals surface area contributed by atoms with Crippen molar-refractivity contribution >= 4 is 5.97 Å². The van der Waals surface area contributed by atoms with E-state index in [1.165, 1.54) is 12.7 Å². The number of carbonyl (C=O) groups is 1. The van der Waals surface area contributed by atoms with Crippen LogP contribution in [0.15, 0.2) is 30.3 Å². The van der Waals surface area contributed by atoms with Crippen molar-refractivity contribution in [1.82, 2.24) is 10.2 Å². The smallest absolute Gasteiger partial charge is 0.319 e. The van der Waals surface area contributed by atoms with Crippen molar-refractivity contribution in [2.75, 3.05) is 33.3 Å². The molecule has 0 bridgehead atoms. The highest BCUT2D eigenvalue weighted by atomic mass is 16.5. The minimum Gasteiger partial charge on any atom is -0.468 e. The highest BCUT2D eigenvalue weighted by Crippen LogP contribution is 2.36. The molecule has 0 radical (unpaired) electrons. The van der Waals surface area contributed by atoms with E-state index in [9.17, 15) is 4.79 Å². The van der Waals surface area contributed by atoms with E-state index in [1.807, 2.05) is 6.07 Å². The van der Waals surface area contributed by atoms with E-state index in [2.05, 4.69) is 41.4 Å². The van der Waals surface area contributed by atoms with Gasteiger partial charge in [0.2, 0.25) is 0 Å². The molecule has 0 atom stereocenters. The van der Waals surface area contributed by atoms with Gasteiger partial charge in [0.1, 0.15) is 0 Å². The first-order valence-corrected chi connectivity index (χ1v) is 7.31. The molecular formula is C16H24N2O2. The average Bonchev–Trinajstić information content (AvgIpc) is 2.53. The van der Waals surface area contributed by atoms with E-state index < -0.39 is 0 Å². The maximum Gasteiger partial charge on any atom is 0.319 e. The Morgan fingerprint density at radius 1 is 1.30 bits per heavy atom. The van der Waals surface area contributed by atoms with E-state index in [0.717, 1.165) is 32.5 Å². The first kappa shape index (κ1) is 15.0. The van der Waals surface area contributed by atoms with Crippen LogP contribution in [-0.4, -0.2) is 44.2 Å². The molecule has 1 fully saturated rings. The Morgan fingerprint density at radius 3 is 2.50 bits per heavy atom. The maximum atomic E-state index is 11.7. The van der Waals surface area contributed by atoms with Gasteiger partial charge in [-0.2, -0.15) is 0 Å². The molecule has 1 aliphatic heterocycles. The summed E-state index contributed by atoms with van der Waals surface area (Å²) in [5.41, 5.74) is 1.24. The SMILES string of the molecule is CCN(CC(=O)OC)C1(c2ccccc2)CCNCC1. The molecule has 0 aromatic heterocycles. The van der Waals surface area contributed by atoms with Crippen LogP contribution in [0, 0.1) is 0 Å². The number of esters is 1. The number of methoxy groups -OCH3 is 1. The number of likely N-dealkylation sites (N-methyl/N-ethyl adjacent to an activating group) is 1. The number of nitrogens with zero attached hydrogens (tertiary/aromatic N) is 1. The van der Waals surface area contributed by atoms with Crippen LogP contribution in [0.25, 0.3) is 0 Å². The fourth-order valence-electron chi connectivity index (χ4n) is 3.16. The third-order valence-electron chi connectivity index (χ3n) is 4.28. The van der Waals surface area contributed by atoms with Crippen molar-refractivity contribution in [2.45, 2.75) is 25.3 Å². The van der Waals surface area contributed by atoms with E-state index in [-0.39, 0.29) is 11.5 Å². The van der Waals surface area contributed by atoms with Crippen molar-refractivity contribution in [3.8, 4) is 0 Å². The molecule has 1 heterocycles. The molecule has 1 aliphatic rings. The summed E-state index contributed by atoms with van der Waals surface area (Å²) in [6.07, 6.45) is 2.03. The van der Waals surface area contributed by atoms with Gasteiger partial charge in [-0.3, -0.25) is 9.69 Å².